The molecule has 0 aromatic heterocycles. The van der Waals surface area contributed by atoms with Gasteiger partial charge < -0.3 is 0 Å². The highest BCUT2D eigenvalue weighted by atomic mass is 19.2. The largest absolute Gasteiger partial charge is 0.205 e. The lowest BCUT2D eigenvalue weighted by molar-refractivity contribution is 0.421. The van der Waals surface area contributed by atoms with Crippen LogP contribution in [0.1, 0.15) is 48.4 Å². The third-order valence-corrected chi connectivity index (χ3v) is 4.95. The van der Waals surface area contributed by atoms with E-state index in [0.29, 0.717) is 17.9 Å². The maximum atomic E-state index is 14.8. The molecule has 0 aliphatic heterocycles. The average molecular weight is 372 g/mol. The number of fused-ring (bicyclic) bond motifs is 1. The minimum absolute atomic E-state index is 0.0347. The molecule has 1 atom stereocenters. The normalized spacial score (nSPS) is 16.1. The summed E-state index contributed by atoms with van der Waals surface area (Å²) in [5.41, 5.74) is 1.84. The summed E-state index contributed by atoms with van der Waals surface area (Å²) in [5.74, 6) is 1.16. The molecule has 1 aliphatic carbocycles. The zero-order valence-electron chi connectivity index (χ0n) is 15.1. The molecular weight excluding hydrogens is 352 g/mol. The maximum Gasteiger partial charge on any atom is 0.194 e. The summed E-state index contributed by atoms with van der Waals surface area (Å²) >= 11 is 0. The van der Waals surface area contributed by atoms with Crippen LogP contribution in [0.2, 0.25) is 0 Å². The molecule has 2 aromatic carbocycles. The minimum atomic E-state index is -1.54. The van der Waals surface area contributed by atoms with Crippen molar-refractivity contribution in [2.24, 2.45) is 5.92 Å². The van der Waals surface area contributed by atoms with Crippen LogP contribution in [0.4, 0.5) is 17.6 Å². The first kappa shape index (κ1) is 19.2. The maximum absolute atomic E-state index is 14.8. The summed E-state index contributed by atoms with van der Waals surface area (Å²) in [5, 5.41) is 0. The van der Waals surface area contributed by atoms with E-state index in [4.69, 9.17) is 0 Å². The van der Waals surface area contributed by atoms with Crippen molar-refractivity contribution in [1.29, 1.82) is 0 Å². The van der Waals surface area contributed by atoms with Gasteiger partial charge in [-0.3, -0.25) is 0 Å². The molecule has 2 aromatic rings. The molecule has 0 radical (unpaired) electrons. The Balaban J connectivity index is 1.81. The average Bonchev–Trinajstić information content (AvgIpc) is 2.65. The van der Waals surface area contributed by atoms with Crippen LogP contribution in [0.5, 0.6) is 0 Å². The van der Waals surface area contributed by atoms with Crippen molar-refractivity contribution in [2.75, 3.05) is 0 Å². The van der Waals surface area contributed by atoms with E-state index in [2.05, 4.69) is 17.9 Å². The number of rotatable bonds is 3. The fraction of sp³-hybridized carbons (Fsp3) is 0.304. The van der Waals surface area contributed by atoms with Gasteiger partial charge in [0.2, 0.25) is 0 Å². The van der Waals surface area contributed by atoms with Crippen molar-refractivity contribution in [1.82, 2.24) is 0 Å². The molecule has 0 amide bonds. The van der Waals surface area contributed by atoms with Gasteiger partial charge in [0.15, 0.2) is 17.5 Å². The summed E-state index contributed by atoms with van der Waals surface area (Å²) in [7, 11) is 0. The van der Waals surface area contributed by atoms with E-state index in [1.165, 1.54) is 0 Å². The van der Waals surface area contributed by atoms with Gasteiger partial charge in [0.05, 0.1) is 5.56 Å². The summed E-state index contributed by atoms with van der Waals surface area (Å²) in [6.45, 7) is 2.00. The Morgan fingerprint density at radius 2 is 1.78 bits per heavy atom. The van der Waals surface area contributed by atoms with E-state index in [-0.39, 0.29) is 16.9 Å². The Labute approximate surface area is 156 Å². The Morgan fingerprint density at radius 3 is 2.48 bits per heavy atom. The first-order valence-corrected chi connectivity index (χ1v) is 9.07. The zero-order valence-corrected chi connectivity index (χ0v) is 15.1. The van der Waals surface area contributed by atoms with E-state index in [0.717, 1.165) is 43.4 Å². The van der Waals surface area contributed by atoms with Crippen LogP contribution < -0.4 is 0 Å². The molecule has 1 unspecified atom stereocenters. The number of hydrogen-bond acceptors (Lipinski definition) is 0. The summed E-state index contributed by atoms with van der Waals surface area (Å²) in [6, 6.07) is 5.09. The molecule has 0 saturated carbocycles. The van der Waals surface area contributed by atoms with Gasteiger partial charge in [0.25, 0.3) is 0 Å². The second-order valence-corrected chi connectivity index (χ2v) is 6.82. The molecule has 0 N–H and O–H groups in total. The number of halogens is 4. The third kappa shape index (κ3) is 4.42. The molecule has 4 heteroatoms. The lowest BCUT2D eigenvalue weighted by Gasteiger charge is -2.25. The molecule has 140 valence electrons. The van der Waals surface area contributed by atoms with E-state index >= 15 is 0 Å². The van der Waals surface area contributed by atoms with Gasteiger partial charge >= 0.3 is 0 Å². The van der Waals surface area contributed by atoms with Gasteiger partial charge in [-0.05, 0) is 74.3 Å². The Kier molecular flexibility index (Phi) is 6.01. The van der Waals surface area contributed by atoms with E-state index < -0.39 is 17.5 Å². The van der Waals surface area contributed by atoms with Crippen LogP contribution in [-0.2, 0) is 12.8 Å². The predicted molar refractivity (Wildman–Crippen MR) is 98.3 cm³/mol. The lowest BCUT2D eigenvalue weighted by atomic mass is 9.81. The molecule has 0 heterocycles. The van der Waals surface area contributed by atoms with Crippen LogP contribution in [0.15, 0.2) is 36.4 Å². The fourth-order valence-corrected chi connectivity index (χ4v) is 3.49. The fourth-order valence-electron chi connectivity index (χ4n) is 3.49. The summed E-state index contributed by atoms with van der Waals surface area (Å²) in [6.07, 6.45) is 8.77. The van der Waals surface area contributed by atoms with Crippen molar-refractivity contribution in [3.05, 3.63) is 81.9 Å². The quantitative estimate of drug-likeness (QED) is 0.264. The molecule has 1 aliphatic rings. The standard InChI is InChI=1S/C23H20F4/c1-2-3-4-5-15-7-11-19-18(12-15)10-9-17(22(19)26)8-6-16-13-20(24)23(27)21(25)14-16/h2-3,9-10,13-15H,4-5,7,11-12H2,1H3/b3-2+. The highest BCUT2D eigenvalue weighted by molar-refractivity contribution is 5.47. The Bertz CT molecular complexity index is 908. The van der Waals surface area contributed by atoms with Crippen molar-refractivity contribution in [3.63, 3.8) is 0 Å². The van der Waals surface area contributed by atoms with Crippen LogP contribution >= 0.6 is 0 Å². The number of benzene rings is 2. The molecule has 0 fully saturated rings. The van der Waals surface area contributed by atoms with E-state index in [9.17, 15) is 17.6 Å². The van der Waals surface area contributed by atoms with Crippen molar-refractivity contribution < 1.29 is 17.6 Å². The SMILES string of the molecule is C/C=C/CCC1CCc2c(ccc(C#Cc3cc(F)c(F)c(F)c3)c2F)C1. The Hall–Kier alpha value is -2.54. The van der Waals surface area contributed by atoms with Crippen molar-refractivity contribution in [2.45, 2.75) is 39.0 Å². The molecular formula is C23H20F4. The highest BCUT2D eigenvalue weighted by Crippen LogP contribution is 2.31. The zero-order chi connectivity index (χ0) is 19.4. The molecule has 27 heavy (non-hydrogen) atoms. The molecule has 0 nitrogen and oxygen atoms in total. The van der Waals surface area contributed by atoms with Crippen molar-refractivity contribution >= 4 is 0 Å². The molecule has 3 rings (SSSR count). The molecule has 0 saturated heterocycles. The highest BCUT2D eigenvalue weighted by Gasteiger charge is 2.22. The topological polar surface area (TPSA) is 0 Å². The van der Waals surface area contributed by atoms with E-state index in [1.54, 1.807) is 6.07 Å². The van der Waals surface area contributed by atoms with Gasteiger partial charge in [-0.2, -0.15) is 0 Å². The predicted octanol–water partition coefficient (Wildman–Crippen LogP) is 6.10. The van der Waals surface area contributed by atoms with Crippen LogP contribution in [-0.4, -0.2) is 0 Å². The number of allylic oxidation sites excluding steroid dienone is 2. The smallest absolute Gasteiger partial charge is 0.194 e. The number of hydrogen-bond donors (Lipinski definition) is 0. The van der Waals surface area contributed by atoms with Gasteiger partial charge in [0.1, 0.15) is 5.82 Å². The second-order valence-electron chi connectivity index (χ2n) is 6.82. The molecule has 0 bridgehead atoms. The van der Waals surface area contributed by atoms with Gasteiger partial charge in [-0.25, -0.2) is 17.6 Å². The van der Waals surface area contributed by atoms with E-state index in [1.807, 2.05) is 19.1 Å². The lowest BCUT2D eigenvalue weighted by Crippen LogP contribution is -2.16. The van der Waals surface area contributed by atoms with Gasteiger partial charge in [-0.1, -0.05) is 30.1 Å². The monoisotopic (exact) mass is 372 g/mol. The summed E-state index contributed by atoms with van der Waals surface area (Å²) in [4.78, 5) is 0. The third-order valence-electron chi connectivity index (χ3n) is 4.95. The van der Waals surface area contributed by atoms with Crippen LogP contribution in [0, 0.1) is 41.0 Å². The first-order valence-electron chi connectivity index (χ1n) is 9.07. The Morgan fingerprint density at radius 1 is 1.04 bits per heavy atom. The molecule has 0 spiro atoms. The second kappa shape index (κ2) is 8.43. The summed E-state index contributed by atoms with van der Waals surface area (Å²) < 4.78 is 54.3. The van der Waals surface area contributed by atoms with Gasteiger partial charge in [-0.15, -0.1) is 0 Å². The minimum Gasteiger partial charge on any atom is -0.205 e. The first-order chi connectivity index (χ1) is 13.0. The van der Waals surface area contributed by atoms with Crippen molar-refractivity contribution in [3.8, 4) is 11.8 Å². The van der Waals surface area contributed by atoms with Gasteiger partial charge in [0, 0.05) is 5.56 Å². The van der Waals surface area contributed by atoms with Crippen LogP contribution in [0.3, 0.4) is 0 Å². The van der Waals surface area contributed by atoms with Crippen LogP contribution in [0.25, 0.3) is 0 Å².